The first kappa shape index (κ1) is 15.1. The molecule has 0 bridgehead atoms. The molecule has 1 amide bonds. The number of hydrogen-bond donors (Lipinski definition) is 1. The molecule has 1 saturated carbocycles. The normalized spacial score (nSPS) is 25.4. The Kier molecular flexibility index (Phi) is 3.68. The van der Waals surface area contributed by atoms with E-state index in [0.717, 1.165) is 0 Å². The average Bonchev–Trinajstić information content (AvgIpc) is 2.99. The molecule has 1 aliphatic carbocycles. The highest BCUT2D eigenvalue weighted by Crippen LogP contribution is 2.39. The van der Waals surface area contributed by atoms with Crippen LogP contribution < -0.4 is 5.32 Å². The summed E-state index contributed by atoms with van der Waals surface area (Å²) >= 11 is 5.68. The van der Waals surface area contributed by atoms with Crippen LogP contribution in [0.15, 0.2) is 12.3 Å². The molecule has 2 atom stereocenters. The lowest BCUT2D eigenvalue weighted by atomic mass is 10.2. The number of halogens is 4. The highest BCUT2D eigenvalue weighted by molar-refractivity contribution is 6.33. The number of nitrogens with zero attached hydrogens (tertiary/aromatic N) is 1. The first-order chi connectivity index (χ1) is 9.17. The Labute approximate surface area is 118 Å². The second-order valence-corrected chi connectivity index (χ2v) is 5.21. The number of aromatic nitrogens is 1. The van der Waals surface area contributed by atoms with Gasteiger partial charge in [0, 0.05) is 19.7 Å². The number of pyridine rings is 1. The summed E-state index contributed by atoms with van der Waals surface area (Å²) in [6.07, 6.45) is -3.33. The van der Waals surface area contributed by atoms with E-state index in [4.69, 9.17) is 16.3 Å². The zero-order chi connectivity index (χ0) is 15.1. The van der Waals surface area contributed by atoms with E-state index >= 15 is 0 Å². The molecule has 0 saturated heterocycles. The number of rotatable bonds is 3. The minimum absolute atomic E-state index is 0.194. The number of ether oxygens (including phenoxy) is 1. The fraction of sp³-hybridized carbons (Fsp3) is 0.500. The second-order valence-electron chi connectivity index (χ2n) is 4.80. The lowest BCUT2D eigenvalue weighted by molar-refractivity contribution is -0.137. The third kappa shape index (κ3) is 2.88. The zero-order valence-electron chi connectivity index (χ0n) is 10.7. The van der Waals surface area contributed by atoms with Gasteiger partial charge in [-0.2, -0.15) is 13.2 Å². The van der Waals surface area contributed by atoms with Crippen LogP contribution in [0.4, 0.5) is 13.2 Å². The van der Waals surface area contributed by atoms with E-state index in [1.807, 2.05) is 6.92 Å². The van der Waals surface area contributed by atoms with E-state index in [9.17, 15) is 18.0 Å². The van der Waals surface area contributed by atoms with Gasteiger partial charge >= 0.3 is 6.18 Å². The van der Waals surface area contributed by atoms with Gasteiger partial charge in [-0.25, -0.2) is 4.98 Å². The minimum atomic E-state index is -4.54. The molecule has 0 aromatic carbocycles. The van der Waals surface area contributed by atoms with Crippen molar-refractivity contribution >= 4 is 17.5 Å². The van der Waals surface area contributed by atoms with Crippen molar-refractivity contribution in [1.29, 1.82) is 0 Å². The molecule has 1 aromatic heterocycles. The molecule has 1 heterocycles. The van der Waals surface area contributed by atoms with Crippen molar-refractivity contribution < 1.29 is 22.7 Å². The van der Waals surface area contributed by atoms with Crippen LogP contribution in [0.1, 0.15) is 29.4 Å². The lowest BCUT2D eigenvalue weighted by Gasteiger charge is -2.11. The summed E-state index contributed by atoms with van der Waals surface area (Å²) in [5.41, 5.74) is -1.66. The predicted octanol–water partition coefficient (Wildman–Crippen LogP) is 2.66. The van der Waals surface area contributed by atoms with Crippen molar-refractivity contribution in [2.45, 2.75) is 31.2 Å². The third-order valence-electron chi connectivity index (χ3n) is 3.34. The molecule has 2 rings (SSSR count). The summed E-state index contributed by atoms with van der Waals surface area (Å²) in [6, 6.07) is 0.492. The Bertz CT molecular complexity index is 550. The van der Waals surface area contributed by atoms with Gasteiger partial charge in [0.15, 0.2) is 0 Å². The average molecular weight is 309 g/mol. The summed E-state index contributed by atoms with van der Waals surface area (Å²) in [6.45, 7) is 1.82. The molecule has 0 aliphatic heterocycles. The van der Waals surface area contributed by atoms with Gasteiger partial charge in [0.1, 0.15) is 5.69 Å². The van der Waals surface area contributed by atoms with Crippen molar-refractivity contribution in [2.75, 3.05) is 7.11 Å². The van der Waals surface area contributed by atoms with Gasteiger partial charge in [0.25, 0.3) is 5.91 Å². The van der Waals surface area contributed by atoms with E-state index in [-0.39, 0.29) is 16.8 Å². The Morgan fingerprint density at radius 1 is 1.60 bits per heavy atom. The maximum absolute atomic E-state index is 12.5. The summed E-state index contributed by atoms with van der Waals surface area (Å²) in [7, 11) is 1.52. The molecule has 1 aliphatic rings. The van der Waals surface area contributed by atoms with Gasteiger partial charge in [0.2, 0.25) is 0 Å². The van der Waals surface area contributed by atoms with Crippen LogP contribution in [-0.4, -0.2) is 29.6 Å². The number of nitrogens with one attached hydrogen (secondary N) is 1. The Morgan fingerprint density at radius 3 is 2.70 bits per heavy atom. The van der Waals surface area contributed by atoms with Crippen molar-refractivity contribution in [3.8, 4) is 0 Å². The standard InChI is InChI=1S/C12H12ClF3N2O2/c1-11(20-2)4-8(11)18-10(19)9-7(13)3-6(5-17-9)12(14,15)16/h3,5,8H,4H2,1-2H3,(H,18,19)/t8-,11+/m1/s1. The van der Waals surface area contributed by atoms with E-state index in [2.05, 4.69) is 10.3 Å². The van der Waals surface area contributed by atoms with Gasteiger partial charge in [-0.15, -0.1) is 0 Å². The molecule has 4 nitrogen and oxygen atoms in total. The molecular weight excluding hydrogens is 297 g/mol. The monoisotopic (exact) mass is 308 g/mol. The lowest BCUT2D eigenvalue weighted by Crippen LogP contribution is -2.32. The van der Waals surface area contributed by atoms with Gasteiger partial charge < -0.3 is 10.1 Å². The second kappa shape index (κ2) is 4.89. The maximum Gasteiger partial charge on any atom is 0.417 e. The molecule has 0 radical (unpaired) electrons. The molecule has 20 heavy (non-hydrogen) atoms. The quantitative estimate of drug-likeness (QED) is 0.934. The first-order valence-electron chi connectivity index (χ1n) is 5.76. The summed E-state index contributed by atoms with van der Waals surface area (Å²) in [4.78, 5) is 15.4. The molecule has 1 fully saturated rings. The van der Waals surface area contributed by atoms with Crippen LogP contribution in [-0.2, 0) is 10.9 Å². The summed E-state index contributed by atoms with van der Waals surface area (Å²) in [5, 5.41) is 2.28. The van der Waals surface area contributed by atoms with E-state index in [1.54, 1.807) is 0 Å². The van der Waals surface area contributed by atoms with Gasteiger partial charge in [-0.3, -0.25) is 4.79 Å². The van der Waals surface area contributed by atoms with E-state index in [1.165, 1.54) is 7.11 Å². The summed E-state index contributed by atoms with van der Waals surface area (Å²) < 4.78 is 42.5. The van der Waals surface area contributed by atoms with Crippen molar-refractivity contribution in [3.05, 3.63) is 28.5 Å². The fourth-order valence-corrected chi connectivity index (χ4v) is 2.01. The van der Waals surface area contributed by atoms with Crippen molar-refractivity contribution in [3.63, 3.8) is 0 Å². The third-order valence-corrected chi connectivity index (χ3v) is 3.63. The Morgan fingerprint density at radius 2 is 2.25 bits per heavy atom. The van der Waals surface area contributed by atoms with Crippen LogP contribution in [0.3, 0.4) is 0 Å². The number of carbonyl (C=O) groups is 1. The largest absolute Gasteiger partial charge is 0.417 e. The number of alkyl halides is 3. The van der Waals surface area contributed by atoms with Crippen molar-refractivity contribution in [1.82, 2.24) is 10.3 Å². The SMILES string of the molecule is CO[C@@]1(C)C[C@H]1NC(=O)c1ncc(C(F)(F)F)cc1Cl. The van der Waals surface area contributed by atoms with Crippen LogP contribution in [0.2, 0.25) is 5.02 Å². The zero-order valence-corrected chi connectivity index (χ0v) is 11.5. The van der Waals surface area contributed by atoms with E-state index < -0.39 is 23.2 Å². The summed E-state index contributed by atoms with van der Waals surface area (Å²) in [5.74, 6) is -0.616. The van der Waals surface area contributed by atoms with Crippen LogP contribution >= 0.6 is 11.6 Å². The van der Waals surface area contributed by atoms with Crippen molar-refractivity contribution in [2.24, 2.45) is 0 Å². The number of amides is 1. The Balaban J connectivity index is 2.12. The number of hydrogen-bond acceptors (Lipinski definition) is 3. The highest BCUT2D eigenvalue weighted by atomic mass is 35.5. The molecule has 110 valence electrons. The van der Waals surface area contributed by atoms with Crippen LogP contribution in [0, 0.1) is 0 Å². The van der Waals surface area contributed by atoms with Crippen LogP contribution in [0.5, 0.6) is 0 Å². The first-order valence-corrected chi connectivity index (χ1v) is 6.14. The molecule has 1 N–H and O–H groups in total. The molecular formula is C12H12ClF3N2O2. The molecule has 1 aromatic rings. The van der Waals surface area contributed by atoms with E-state index in [0.29, 0.717) is 18.7 Å². The topological polar surface area (TPSA) is 51.2 Å². The maximum atomic E-state index is 12.5. The number of methoxy groups -OCH3 is 1. The van der Waals surface area contributed by atoms with Gasteiger partial charge in [-0.05, 0) is 13.0 Å². The number of carbonyl (C=O) groups excluding carboxylic acids is 1. The highest BCUT2D eigenvalue weighted by Gasteiger charge is 2.52. The smallest absolute Gasteiger partial charge is 0.376 e. The predicted molar refractivity (Wildman–Crippen MR) is 65.5 cm³/mol. The van der Waals surface area contributed by atoms with Crippen LogP contribution in [0.25, 0.3) is 0 Å². The minimum Gasteiger partial charge on any atom is -0.376 e. The fourth-order valence-electron chi connectivity index (χ4n) is 1.76. The molecule has 8 heteroatoms. The van der Waals surface area contributed by atoms with Gasteiger partial charge in [0.05, 0.1) is 22.2 Å². The molecule has 0 spiro atoms. The Hall–Kier alpha value is -1.34. The molecule has 0 unspecified atom stereocenters. The van der Waals surface area contributed by atoms with Gasteiger partial charge in [-0.1, -0.05) is 11.6 Å².